The van der Waals surface area contributed by atoms with E-state index in [1.54, 1.807) is 0 Å². The Kier molecular flexibility index (Phi) is 3.21. The number of halogens is 2. The van der Waals surface area contributed by atoms with Crippen LogP contribution < -0.4 is 0 Å². The van der Waals surface area contributed by atoms with E-state index in [1.807, 2.05) is 43.3 Å². The Morgan fingerprint density at radius 2 is 1.84 bits per heavy atom. The first-order chi connectivity index (χ1) is 9.13. The van der Waals surface area contributed by atoms with Gasteiger partial charge >= 0.3 is 0 Å². The number of oxazole rings is 1. The summed E-state index contributed by atoms with van der Waals surface area (Å²) in [6.45, 7) is 2.02. The maximum absolute atomic E-state index is 6.15. The first-order valence-corrected chi connectivity index (χ1v) is 6.68. The Morgan fingerprint density at radius 3 is 2.58 bits per heavy atom. The molecule has 0 N–H and O–H groups in total. The first kappa shape index (κ1) is 12.5. The SMILES string of the molecule is Cc1ccc2nc(Cc3c(Cl)cccc3Cl)oc2c1. The highest BCUT2D eigenvalue weighted by Crippen LogP contribution is 2.27. The summed E-state index contributed by atoms with van der Waals surface area (Å²) < 4.78 is 5.73. The highest BCUT2D eigenvalue weighted by molar-refractivity contribution is 6.36. The summed E-state index contributed by atoms with van der Waals surface area (Å²) in [5.74, 6) is 0.621. The van der Waals surface area contributed by atoms with E-state index in [1.165, 1.54) is 0 Å². The van der Waals surface area contributed by atoms with Crippen molar-refractivity contribution in [3.05, 3.63) is 63.5 Å². The minimum absolute atomic E-state index is 0.492. The van der Waals surface area contributed by atoms with Gasteiger partial charge in [-0.25, -0.2) is 4.98 Å². The zero-order valence-corrected chi connectivity index (χ0v) is 11.8. The fraction of sp³-hybridized carbons (Fsp3) is 0.133. The molecule has 0 aliphatic carbocycles. The normalized spacial score (nSPS) is 11.1. The van der Waals surface area contributed by atoms with E-state index in [0.717, 1.165) is 22.2 Å². The number of rotatable bonds is 2. The van der Waals surface area contributed by atoms with Gasteiger partial charge in [-0.05, 0) is 42.3 Å². The number of fused-ring (bicyclic) bond motifs is 1. The van der Waals surface area contributed by atoms with Crippen LogP contribution in [0.1, 0.15) is 17.0 Å². The van der Waals surface area contributed by atoms with Gasteiger partial charge in [-0.15, -0.1) is 0 Å². The molecular weight excluding hydrogens is 281 g/mol. The van der Waals surface area contributed by atoms with Gasteiger partial charge in [0, 0.05) is 10.0 Å². The van der Waals surface area contributed by atoms with E-state index in [2.05, 4.69) is 4.98 Å². The Morgan fingerprint density at radius 1 is 1.11 bits per heavy atom. The molecule has 96 valence electrons. The second kappa shape index (κ2) is 4.87. The van der Waals surface area contributed by atoms with E-state index in [4.69, 9.17) is 27.6 Å². The van der Waals surface area contributed by atoms with Gasteiger partial charge in [-0.1, -0.05) is 35.3 Å². The summed E-state index contributed by atoms with van der Waals surface area (Å²) in [6.07, 6.45) is 0.492. The van der Waals surface area contributed by atoms with E-state index >= 15 is 0 Å². The fourth-order valence-corrected chi connectivity index (χ4v) is 2.54. The van der Waals surface area contributed by atoms with Crippen molar-refractivity contribution in [2.24, 2.45) is 0 Å². The molecule has 0 radical (unpaired) electrons. The van der Waals surface area contributed by atoms with E-state index in [0.29, 0.717) is 22.4 Å². The molecule has 1 heterocycles. The standard InChI is InChI=1S/C15H11Cl2NO/c1-9-5-6-13-14(7-9)19-15(18-13)8-10-11(16)3-2-4-12(10)17/h2-7H,8H2,1H3. The Labute approximate surface area is 121 Å². The molecule has 0 bridgehead atoms. The summed E-state index contributed by atoms with van der Waals surface area (Å²) in [6, 6.07) is 11.4. The van der Waals surface area contributed by atoms with Gasteiger partial charge in [-0.3, -0.25) is 0 Å². The highest BCUT2D eigenvalue weighted by Gasteiger charge is 2.11. The smallest absolute Gasteiger partial charge is 0.200 e. The molecule has 0 fully saturated rings. The van der Waals surface area contributed by atoms with Gasteiger partial charge in [0.25, 0.3) is 0 Å². The molecule has 2 nitrogen and oxygen atoms in total. The van der Waals surface area contributed by atoms with Gasteiger partial charge in [0.15, 0.2) is 11.5 Å². The van der Waals surface area contributed by atoms with Gasteiger partial charge in [0.2, 0.25) is 0 Å². The number of benzene rings is 2. The maximum Gasteiger partial charge on any atom is 0.200 e. The Balaban J connectivity index is 2.01. The quantitative estimate of drug-likeness (QED) is 0.661. The summed E-state index contributed by atoms with van der Waals surface area (Å²) in [7, 11) is 0. The second-order valence-electron chi connectivity index (χ2n) is 4.46. The van der Waals surface area contributed by atoms with E-state index in [9.17, 15) is 0 Å². The third-order valence-corrected chi connectivity index (χ3v) is 3.69. The Hall–Kier alpha value is -1.51. The number of aryl methyl sites for hydroxylation is 1. The molecule has 2 aromatic carbocycles. The average Bonchev–Trinajstić information content (AvgIpc) is 2.75. The predicted molar refractivity (Wildman–Crippen MR) is 78.0 cm³/mol. The third kappa shape index (κ3) is 2.46. The number of hydrogen-bond acceptors (Lipinski definition) is 2. The fourth-order valence-electron chi connectivity index (χ4n) is 2.01. The molecule has 3 rings (SSSR count). The molecule has 19 heavy (non-hydrogen) atoms. The van der Waals surface area contributed by atoms with Gasteiger partial charge < -0.3 is 4.42 Å². The van der Waals surface area contributed by atoms with Crippen molar-refractivity contribution in [2.45, 2.75) is 13.3 Å². The van der Waals surface area contributed by atoms with Crippen molar-refractivity contribution in [2.75, 3.05) is 0 Å². The summed E-state index contributed by atoms with van der Waals surface area (Å²) >= 11 is 12.3. The Bertz CT molecular complexity index is 729. The van der Waals surface area contributed by atoms with Crippen LogP contribution in [0.3, 0.4) is 0 Å². The third-order valence-electron chi connectivity index (χ3n) is 2.98. The van der Waals surface area contributed by atoms with Crippen LogP contribution in [0.15, 0.2) is 40.8 Å². The van der Waals surface area contributed by atoms with Crippen LogP contribution in [0.5, 0.6) is 0 Å². The lowest BCUT2D eigenvalue weighted by atomic mass is 10.1. The van der Waals surface area contributed by atoms with E-state index in [-0.39, 0.29) is 0 Å². The van der Waals surface area contributed by atoms with E-state index < -0.39 is 0 Å². The minimum Gasteiger partial charge on any atom is -0.440 e. The molecule has 4 heteroatoms. The number of hydrogen-bond donors (Lipinski definition) is 0. The molecule has 3 aromatic rings. The van der Waals surface area contributed by atoms with Crippen LogP contribution in [0.4, 0.5) is 0 Å². The molecule has 0 saturated carbocycles. The average molecular weight is 292 g/mol. The zero-order valence-electron chi connectivity index (χ0n) is 10.3. The number of aromatic nitrogens is 1. The first-order valence-electron chi connectivity index (χ1n) is 5.92. The number of nitrogens with zero attached hydrogens (tertiary/aromatic N) is 1. The molecular formula is C15H11Cl2NO. The van der Waals surface area contributed by atoms with Crippen molar-refractivity contribution < 1.29 is 4.42 Å². The highest BCUT2D eigenvalue weighted by atomic mass is 35.5. The van der Waals surface area contributed by atoms with Crippen LogP contribution in [0.25, 0.3) is 11.1 Å². The molecule has 0 saturated heterocycles. The zero-order chi connectivity index (χ0) is 13.4. The lowest BCUT2D eigenvalue weighted by Crippen LogP contribution is -1.90. The van der Waals surface area contributed by atoms with Crippen molar-refractivity contribution in [1.29, 1.82) is 0 Å². The molecule has 0 aliphatic rings. The molecule has 0 unspecified atom stereocenters. The van der Waals surface area contributed by atoms with Crippen molar-refractivity contribution >= 4 is 34.3 Å². The molecule has 0 spiro atoms. The monoisotopic (exact) mass is 291 g/mol. The topological polar surface area (TPSA) is 26.0 Å². The van der Waals surface area contributed by atoms with Gasteiger partial charge in [0.1, 0.15) is 5.52 Å². The van der Waals surface area contributed by atoms with Crippen LogP contribution >= 0.6 is 23.2 Å². The second-order valence-corrected chi connectivity index (χ2v) is 5.27. The summed E-state index contributed by atoms with van der Waals surface area (Å²) in [4.78, 5) is 4.45. The predicted octanol–water partition coefficient (Wildman–Crippen LogP) is 5.03. The molecule has 0 amide bonds. The minimum atomic E-state index is 0.492. The summed E-state index contributed by atoms with van der Waals surface area (Å²) in [5.41, 5.74) is 3.63. The van der Waals surface area contributed by atoms with Crippen molar-refractivity contribution in [3.8, 4) is 0 Å². The van der Waals surface area contributed by atoms with Crippen LogP contribution in [-0.2, 0) is 6.42 Å². The molecule has 0 aliphatic heterocycles. The van der Waals surface area contributed by atoms with Crippen LogP contribution in [-0.4, -0.2) is 4.98 Å². The molecule has 0 atom stereocenters. The molecule has 1 aromatic heterocycles. The van der Waals surface area contributed by atoms with Gasteiger partial charge in [-0.2, -0.15) is 0 Å². The van der Waals surface area contributed by atoms with Gasteiger partial charge in [0.05, 0.1) is 6.42 Å². The lowest BCUT2D eigenvalue weighted by molar-refractivity contribution is 0.544. The summed E-state index contributed by atoms with van der Waals surface area (Å²) in [5, 5.41) is 1.26. The van der Waals surface area contributed by atoms with Crippen molar-refractivity contribution in [1.82, 2.24) is 4.98 Å². The van der Waals surface area contributed by atoms with Crippen molar-refractivity contribution in [3.63, 3.8) is 0 Å². The van der Waals surface area contributed by atoms with Crippen LogP contribution in [0.2, 0.25) is 10.0 Å². The van der Waals surface area contributed by atoms with Crippen LogP contribution in [0, 0.1) is 6.92 Å². The lowest BCUT2D eigenvalue weighted by Gasteiger charge is -2.03. The largest absolute Gasteiger partial charge is 0.440 e. The maximum atomic E-state index is 6.15.